The second-order valence-electron chi connectivity index (χ2n) is 2.48. The zero-order valence-electron chi connectivity index (χ0n) is 5.54. The van der Waals surface area contributed by atoms with Crippen molar-refractivity contribution in [1.29, 1.82) is 0 Å². The maximum atomic E-state index is 8.99. The van der Waals surface area contributed by atoms with Gasteiger partial charge in [-0.15, -0.1) is 0 Å². The van der Waals surface area contributed by atoms with Crippen LogP contribution in [0.25, 0.3) is 0 Å². The fourth-order valence-electron chi connectivity index (χ4n) is 0.962. The monoisotopic (exact) mass is 142 g/mol. The summed E-state index contributed by atoms with van der Waals surface area (Å²) in [6.07, 6.45) is -0.333. The lowest BCUT2D eigenvalue weighted by Crippen LogP contribution is -2.18. The molecule has 1 rings (SSSR count). The lowest BCUT2D eigenvalue weighted by Gasteiger charge is -2.18. The Hall–Kier alpha value is -0.960. The average molecular weight is 142 g/mol. The van der Waals surface area contributed by atoms with Crippen molar-refractivity contribution in [2.45, 2.75) is 18.9 Å². The number of rotatable bonds is 0. The van der Waals surface area contributed by atoms with E-state index in [2.05, 4.69) is 6.58 Å². The Labute approximate surface area is 58.9 Å². The maximum absolute atomic E-state index is 8.99. The van der Waals surface area contributed by atoms with Gasteiger partial charge in [-0.2, -0.15) is 0 Å². The van der Waals surface area contributed by atoms with Crippen molar-refractivity contribution in [1.82, 2.24) is 0 Å². The van der Waals surface area contributed by atoms with Crippen LogP contribution in [0.15, 0.2) is 23.7 Å². The van der Waals surface area contributed by atoms with Gasteiger partial charge in [0.2, 0.25) is 0 Å². The second-order valence-corrected chi connectivity index (χ2v) is 2.48. The molecule has 10 heavy (non-hydrogen) atoms. The largest absolute Gasteiger partial charge is 0.508 e. The minimum Gasteiger partial charge on any atom is -0.508 e. The highest BCUT2D eigenvalue weighted by Crippen LogP contribution is 2.24. The summed E-state index contributed by atoms with van der Waals surface area (Å²) in [4.78, 5) is 0. The predicted molar refractivity (Wildman–Crippen MR) is 36.7 cm³/mol. The van der Waals surface area contributed by atoms with E-state index in [4.69, 9.17) is 15.3 Å². The zero-order valence-corrected chi connectivity index (χ0v) is 5.54. The molecule has 0 saturated carbocycles. The lowest BCUT2D eigenvalue weighted by molar-refractivity contribution is 0.128. The third-order valence-corrected chi connectivity index (χ3v) is 1.51. The van der Waals surface area contributed by atoms with Crippen LogP contribution in [0.2, 0.25) is 0 Å². The molecule has 0 aromatic carbocycles. The number of aliphatic hydroxyl groups excluding tert-OH is 3. The minimum absolute atomic E-state index is 0.163. The van der Waals surface area contributed by atoms with Gasteiger partial charge >= 0.3 is 0 Å². The number of hydrogen-bond acceptors (Lipinski definition) is 3. The van der Waals surface area contributed by atoms with E-state index in [1.54, 1.807) is 0 Å². The molecule has 1 aliphatic carbocycles. The van der Waals surface area contributed by atoms with Crippen molar-refractivity contribution >= 4 is 0 Å². The Balaban J connectivity index is 2.84. The van der Waals surface area contributed by atoms with Gasteiger partial charge in [0.05, 0.1) is 0 Å². The third kappa shape index (κ3) is 1.14. The molecule has 3 nitrogen and oxygen atoms in total. The lowest BCUT2D eigenvalue weighted by atomic mass is 9.97. The normalized spacial score (nSPS) is 27.3. The van der Waals surface area contributed by atoms with E-state index in [0.29, 0.717) is 6.42 Å². The van der Waals surface area contributed by atoms with Crippen LogP contribution in [0.1, 0.15) is 12.8 Å². The van der Waals surface area contributed by atoms with Crippen molar-refractivity contribution in [2.75, 3.05) is 0 Å². The van der Waals surface area contributed by atoms with Gasteiger partial charge in [-0.1, -0.05) is 12.2 Å². The molecule has 0 aliphatic heterocycles. The van der Waals surface area contributed by atoms with E-state index in [0.717, 1.165) is 5.57 Å². The van der Waals surface area contributed by atoms with E-state index < -0.39 is 6.10 Å². The van der Waals surface area contributed by atoms with Crippen LogP contribution in [-0.2, 0) is 0 Å². The highest BCUT2D eigenvalue weighted by molar-refractivity contribution is 5.20. The Morgan fingerprint density at radius 1 is 1.40 bits per heavy atom. The molecule has 0 spiro atoms. The molecule has 1 unspecified atom stereocenters. The zero-order chi connectivity index (χ0) is 7.72. The van der Waals surface area contributed by atoms with Crippen LogP contribution < -0.4 is 0 Å². The molecule has 0 fully saturated rings. The summed E-state index contributed by atoms with van der Waals surface area (Å²) in [7, 11) is 0. The maximum Gasteiger partial charge on any atom is 0.159 e. The molecular formula is C7H10O3. The van der Waals surface area contributed by atoms with Crippen LogP contribution in [0.3, 0.4) is 0 Å². The fourth-order valence-corrected chi connectivity index (χ4v) is 0.962. The van der Waals surface area contributed by atoms with Gasteiger partial charge < -0.3 is 15.3 Å². The molecule has 0 heterocycles. The van der Waals surface area contributed by atoms with Crippen LogP contribution in [-0.4, -0.2) is 21.4 Å². The Morgan fingerprint density at radius 3 is 2.50 bits per heavy atom. The summed E-state index contributed by atoms with van der Waals surface area (Å²) in [6.45, 7) is 3.58. The SMILES string of the molecule is C=C1CC(O)=C(O)C(O)C1. The molecule has 3 N–H and O–H groups in total. The third-order valence-electron chi connectivity index (χ3n) is 1.51. The van der Waals surface area contributed by atoms with Gasteiger partial charge in [0.15, 0.2) is 5.76 Å². The first-order chi connectivity index (χ1) is 4.61. The number of allylic oxidation sites excluding steroid dienone is 1. The van der Waals surface area contributed by atoms with Crippen molar-refractivity contribution < 1.29 is 15.3 Å². The predicted octanol–water partition coefficient (Wildman–Crippen LogP) is 1.02. The van der Waals surface area contributed by atoms with Gasteiger partial charge in [-0.05, 0) is 0 Å². The Kier molecular flexibility index (Phi) is 1.68. The first kappa shape index (κ1) is 7.15. The molecule has 0 amide bonds. The van der Waals surface area contributed by atoms with Crippen molar-refractivity contribution in [2.24, 2.45) is 0 Å². The van der Waals surface area contributed by atoms with Crippen LogP contribution in [0, 0.1) is 0 Å². The highest BCUT2D eigenvalue weighted by atomic mass is 16.3. The molecule has 1 aliphatic rings. The molecule has 56 valence electrons. The highest BCUT2D eigenvalue weighted by Gasteiger charge is 2.21. The van der Waals surface area contributed by atoms with Gasteiger partial charge in [-0.25, -0.2) is 0 Å². The molecule has 3 heteroatoms. The summed E-state index contributed by atoms with van der Waals surface area (Å²) < 4.78 is 0. The average Bonchev–Trinajstić information content (AvgIpc) is 1.82. The second kappa shape index (κ2) is 2.34. The number of aliphatic hydroxyl groups is 3. The van der Waals surface area contributed by atoms with Crippen molar-refractivity contribution in [3.8, 4) is 0 Å². The van der Waals surface area contributed by atoms with E-state index in [9.17, 15) is 0 Å². The quantitative estimate of drug-likeness (QED) is 0.442. The van der Waals surface area contributed by atoms with Crippen molar-refractivity contribution in [3.05, 3.63) is 23.7 Å². The fraction of sp³-hybridized carbons (Fsp3) is 0.429. The standard InChI is InChI=1S/C7H10O3/c1-4-2-5(8)7(10)6(9)3-4/h5,8-10H,1-3H2. The van der Waals surface area contributed by atoms with E-state index in [1.807, 2.05) is 0 Å². The molecule has 0 radical (unpaired) electrons. The molecule has 0 bridgehead atoms. The van der Waals surface area contributed by atoms with E-state index in [-0.39, 0.29) is 17.9 Å². The van der Waals surface area contributed by atoms with Gasteiger partial charge in [0, 0.05) is 12.8 Å². The minimum atomic E-state index is -0.957. The number of hydrogen-bond donors (Lipinski definition) is 3. The van der Waals surface area contributed by atoms with Crippen molar-refractivity contribution in [3.63, 3.8) is 0 Å². The summed E-state index contributed by atoms with van der Waals surface area (Å²) in [5, 5.41) is 26.8. The van der Waals surface area contributed by atoms with Crippen LogP contribution in [0.4, 0.5) is 0 Å². The first-order valence-corrected chi connectivity index (χ1v) is 3.07. The molecule has 1 atom stereocenters. The van der Waals surface area contributed by atoms with E-state index in [1.165, 1.54) is 0 Å². The molecule has 0 aromatic heterocycles. The summed E-state index contributed by atoms with van der Waals surface area (Å²) in [5.74, 6) is -0.476. The van der Waals surface area contributed by atoms with Gasteiger partial charge in [-0.3, -0.25) is 0 Å². The molecule has 0 aromatic rings. The van der Waals surface area contributed by atoms with Gasteiger partial charge in [0.1, 0.15) is 11.9 Å². The van der Waals surface area contributed by atoms with Crippen LogP contribution >= 0.6 is 0 Å². The molecule has 0 saturated heterocycles. The van der Waals surface area contributed by atoms with E-state index >= 15 is 0 Å². The topological polar surface area (TPSA) is 60.7 Å². The van der Waals surface area contributed by atoms with Gasteiger partial charge in [0.25, 0.3) is 0 Å². The Bertz CT molecular complexity index is 193. The summed E-state index contributed by atoms with van der Waals surface area (Å²) >= 11 is 0. The summed E-state index contributed by atoms with van der Waals surface area (Å²) in [6, 6.07) is 0. The molecular weight excluding hydrogens is 132 g/mol. The summed E-state index contributed by atoms with van der Waals surface area (Å²) in [5.41, 5.74) is 0.739. The van der Waals surface area contributed by atoms with Crippen LogP contribution in [0.5, 0.6) is 0 Å². The Morgan fingerprint density at radius 2 is 2.00 bits per heavy atom. The first-order valence-electron chi connectivity index (χ1n) is 3.07. The smallest absolute Gasteiger partial charge is 0.159 e.